The summed E-state index contributed by atoms with van der Waals surface area (Å²) in [5, 5.41) is 1.01. The number of hydrogen-bond acceptors (Lipinski definition) is 3. The number of nitrogens with two attached hydrogens (primary N) is 1. The molecule has 3 heteroatoms. The Morgan fingerprint density at radius 3 is 2.89 bits per heavy atom. The Balaban J connectivity index is 1.94. The van der Waals surface area contributed by atoms with Gasteiger partial charge in [-0.3, -0.25) is 4.98 Å². The van der Waals surface area contributed by atoms with Crippen LogP contribution in [0.15, 0.2) is 30.5 Å². The first kappa shape index (κ1) is 12.3. The van der Waals surface area contributed by atoms with Crippen LogP contribution in [0.2, 0.25) is 0 Å². The first-order valence-corrected chi connectivity index (χ1v) is 7.05. The minimum Gasteiger partial charge on any atom is -0.489 e. The number of nitrogen functional groups attached to an aromatic ring is 1. The molecule has 19 heavy (non-hydrogen) atoms. The largest absolute Gasteiger partial charge is 0.489 e. The second kappa shape index (κ2) is 5.08. The van der Waals surface area contributed by atoms with Crippen LogP contribution in [0.5, 0.6) is 5.75 Å². The van der Waals surface area contributed by atoms with Crippen molar-refractivity contribution in [2.45, 2.75) is 38.7 Å². The minimum atomic E-state index is 0.320. The van der Waals surface area contributed by atoms with E-state index in [-0.39, 0.29) is 0 Å². The first-order valence-electron chi connectivity index (χ1n) is 7.05. The lowest BCUT2D eigenvalue weighted by Crippen LogP contribution is -2.28. The van der Waals surface area contributed by atoms with Gasteiger partial charge in [0.25, 0.3) is 0 Å². The number of ether oxygens (including phenoxy) is 1. The van der Waals surface area contributed by atoms with E-state index in [1.165, 1.54) is 19.3 Å². The Bertz CT molecular complexity index is 582. The van der Waals surface area contributed by atoms with Gasteiger partial charge in [0.1, 0.15) is 11.9 Å². The van der Waals surface area contributed by atoms with Crippen molar-refractivity contribution in [1.82, 2.24) is 4.98 Å². The standard InChI is InChI=1S/C16H20N2O/c1-11-5-2-3-8-14(11)19-15-9-10-18-16-12(15)6-4-7-13(16)17/h4,6-7,9-11,14H,2-3,5,8,17H2,1H3. The molecule has 0 bridgehead atoms. The molecular weight excluding hydrogens is 236 g/mol. The lowest BCUT2D eigenvalue weighted by Gasteiger charge is -2.29. The van der Waals surface area contributed by atoms with Crippen LogP contribution in [-0.4, -0.2) is 11.1 Å². The van der Waals surface area contributed by atoms with Gasteiger partial charge in [-0.25, -0.2) is 0 Å². The molecule has 1 heterocycles. The van der Waals surface area contributed by atoms with Gasteiger partial charge >= 0.3 is 0 Å². The summed E-state index contributed by atoms with van der Waals surface area (Å²) in [4.78, 5) is 4.35. The topological polar surface area (TPSA) is 48.1 Å². The van der Waals surface area contributed by atoms with E-state index in [2.05, 4.69) is 11.9 Å². The highest BCUT2D eigenvalue weighted by molar-refractivity contribution is 5.93. The molecule has 2 aromatic rings. The van der Waals surface area contributed by atoms with E-state index in [1.807, 2.05) is 24.3 Å². The molecule has 0 radical (unpaired) electrons. The summed E-state index contributed by atoms with van der Waals surface area (Å²) in [6.45, 7) is 2.28. The maximum Gasteiger partial charge on any atom is 0.130 e. The Labute approximate surface area is 113 Å². The summed E-state index contributed by atoms with van der Waals surface area (Å²) in [6, 6.07) is 7.81. The molecule has 2 N–H and O–H groups in total. The Kier molecular flexibility index (Phi) is 3.28. The zero-order valence-electron chi connectivity index (χ0n) is 11.3. The smallest absolute Gasteiger partial charge is 0.130 e. The Hall–Kier alpha value is -1.77. The second-order valence-electron chi connectivity index (χ2n) is 5.47. The predicted octanol–water partition coefficient (Wildman–Crippen LogP) is 3.77. The van der Waals surface area contributed by atoms with Gasteiger partial charge in [-0.15, -0.1) is 0 Å². The fraction of sp³-hybridized carbons (Fsp3) is 0.438. The fourth-order valence-electron chi connectivity index (χ4n) is 2.90. The van der Waals surface area contributed by atoms with Gasteiger partial charge in [0.15, 0.2) is 0 Å². The molecule has 0 amide bonds. The van der Waals surface area contributed by atoms with Gasteiger partial charge in [0, 0.05) is 11.6 Å². The highest BCUT2D eigenvalue weighted by Gasteiger charge is 2.23. The molecule has 1 aliphatic rings. The van der Waals surface area contributed by atoms with Gasteiger partial charge in [0.05, 0.1) is 11.2 Å². The number of rotatable bonds is 2. The van der Waals surface area contributed by atoms with Gasteiger partial charge in [-0.2, -0.15) is 0 Å². The minimum absolute atomic E-state index is 0.320. The highest BCUT2D eigenvalue weighted by Crippen LogP contribution is 2.32. The third kappa shape index (κ3) is 2.37. The zero-order chi connectivity index (χ0) is 13.2. The van der Waals surface area contributed by atoms with Crippen molar-refractivity contribution in [3.8, 4) is 5.75 Å². The molecule has 0 spiro atoms. The molecule has 100 valence electrons. The van der Waals surface area contributed by atoms with Crippen LogP contribution in [0.25, 0.3) is 10.9 Å². The maximum absolute atomic E-state index is 6.24. The van der Waals surface area contributed by atoms with Crippen molar-refractivity contribution in [1.29, 1.82) is 0 Å². The van der Waals surface area contributed by atoms with E-state index in [0.29, 0.717) is 17.7 Å². The molecule has 0 aliphatic heterocycles. The number of nitrogens with zero attached hydrogens (tertiary/aromatic N) is 1. The third-order valence-electron chi connectivity index (χ3n) is 4.07. The van der Waals surface area contributed by atoms with Crippen molar-refractivity contribution in [3.05, 3.63) is 30.5 Å². The summed E-state index contributed by atoms with van der Waals surface area (Å²) in [5.74, 6) is 1.54. The Morgan fingerprint density at radius 1 is 1.21 bits per heavy atom. The zero-order valence-corrected chi connectivity index (χ0v) is 11.3. The molecular formula is C16H20N2O. The summed E-state index contributed by atoms with van der Waals surface area (Å²) in [5.41, 5.74) is 7.51. The number of fused-ring (bicyclic) bond motifs is 1. The molecule has 1 fully saturated rings. The van der Waals surface area contributed by atoms with Gasteiger partial charge in [0.2, 0.25) is 0 Å². The highest BCUT2D eigenvalue weighted by atomic mass is 16.5. The number of pyridine rings is 1. The van der Waals surface area contributed by atoms with E-state index >= 15 is 0 Å². The van der Waals surface area contributed by atoms with Crippen molar-refractivity contribution in [2.24, 2.45) is 5.92 Å². The lowest BCUT2D eigenvalue weighted by molar-refractivity contribution is 0.104. The van der Waals surface area contributed by atoms with Crippen LogP contribution < -0.4 is 10.5 Å². The molecule has 1 aromatic heterocycles. The van der Waals surface area contributed by atoms with E-state index in [0.717, 1.165) is 23.1 Å². The summed E-state index contributed by atoms with van der Waals surface area (Å²) < 4.78 is 6.24. The molecule has 1 saturated carbocycles. The average molecular weight is 256 g/mol. The Morgan fingerprint density at radius 2 is 2.05 bits per heavy atom. The van der Waals surface area contributed by atoms with Crippen LogP contribution in [0.3, 0.4) is 0 Å². The van der Waals surface area contributed by atoms with Gasteiger partial charge in [-0.05, 0) is 43.4 Å². The van der Waals surface area contributed by atoms with Crippen LogP contribution in [0.4, 0.5) is 5.69 Å². The molecule has 0 saturated heterocycles. The number of hydrogen-bond donors (Lipinski definition) is 1. The quantitative estimate of drug-likeness (QED) is 0.832. The fourth-order valence-corrected chi connectivity index (χ4v) is 2.90. The van der Waals surface area contributed by atoms with E-state index < -0.39 is 0 Å². The van der Waals surface area contributed by atoms with Crippen LogP contribution in [0.1, 0.15) is 32.6 Å². The van der Waals surface area contributed by atoms with Crippen LogP contribution in [0, 0.1) is 5.92 Å². The van der Waals surface area contributed by atoms with Crippen LogP contribution >= 0.6 is 0 Å². The van der Waals surface area contributed by atoms with Crippen molar-refractivity contribution in [2.75, 3.05) is 5.73 Å². The lowest BCUT2D eigenvalue weighted by atomic mass is 9.88. The first-order chi connectivity index (χ1) is 9.25. The molecule has 1 aliphatic carbocycles. The van der Waals surface area contributed by atoms with Gasteiger partial charge < -0.3 is 10.5 Å². The number of anilines is 1. The van der Waals surface area contributed by atoms with E-state index in [4.69, 9.17) is 10.5 Å². The number of aromatic nitrogens is 1. The molecule has 3 rings (SSSR count). The molecule has 2 unspecified atom stereocenters. The third-order valence-corrected chi connectivity index (χ3v) is 4.07. The van der Waals surface area contributed by atoms with Crippen LogP contribution in [-0.2, 0) is 0 Å². The normalized spacial score (nSPS) is 23.4. The van der Waals surface area contributed by atoms with Crippen molar-refractivity contribution >= 4 is 16.6 Å². The monoisotopic (exact) mass is 256 g/mol. The van der Waals surface area contributed by atoms with Crippen molar-refractivity contribution < 1.29 is 4.74 Å². The molecule has 1 aromatic carbocycles. The number of benzene rings is 1. The average Bonchev–Trinajstić information content (AvgIpc) is 2.42. The molecule has 3 nitrogen and oxygen atoms in total. The van der Waals surface area contributed by atoms with E-state index in [1.54, 1.807) is 6.20 Å². The maximum atomic E-state index is 6.24. The van der Waals surface area contributed by atoms with E-state index in [9.17, 15) is 0 Å². The SMILES string of the molecule is CC1CCCCC1Oc1ccnc2c(N)cccc12. The second-order valence-corrected chi connectivity index (χ2v) is 5.47. The van der Waals surface area contributed by atoms with Crippen molar-refractivity contribution in [3.63, 3.8) is 0 Å². The van der Waals surface area contributed by atoms with Gasteiger partial charge in [-0.1, -0.05) is 19.4 Å². The summed E-state index contributed by atoms with van der Waals surface area (Å²) in [6.07, 6.45) is 7.09. The predicted molar refractivity (Wildman–Crippen MR) is 78.2 cm³/mol. The molecule has 2 atom stereocenters. The summed E-state index contributed by atoms with van der Waals surface area (Å²) in [7, 11) is 0. The number of para-hydroxylation sites is 1. The summed E-state index contributed by atoms with van der Waals surface area (Å²) >= 11 is 0.